The van der Waals surface area contributed by atoms with Crippen molar-refractivity contribution in [1.29, 1.82) is 0 Å². The lowest BCUT2D eigenvalue weighted by Crippen LogP contribution is -1.96. The first-order valence-corrected chi connectivity index (χ1v) is 8.78. The Labute approximate surface area is 156 Å². The van der Waals surface area contributed by atoms with Crippen LogP contribution in [0.3, 0.4) is 0 Å². The Morgan fingerprint density at radius 2 is 1.59 bits per heavy atom. The number of aromatic nitrogens is 3. The summed E-state index contributed by atoms with van der Waals surface area (Å²) in [5.74, 6) is 0.762. The Morgan fingerprint density at radius 1 is 0.704 bits per heavy atom. The van der Waals surface area contributed by atoms with Gasteiger partial charge in [-0.2, -0.15) is 0 Å². The minimum Gasteiger partial charge on any atom is -0.340 e. The second-order valence-corrected chi connectivity index (χ2v) is 6.38. The molecule has 5 rings (SSSR count). The summed E-state index contributed by atoms with van der Waals surface area (Å²) in [7, 11) is 0. The van der Waals surface area contributed by atoms with E-state index in [0.29, 0.717) is 0 Å². The second-order valence-electron chi connectivity index (χ2n) is 6.38. The summed E-state index contributed by atoms with van der Waals surface area (Å²) in [6, 6.07) is 24.8. The van der Waals surface area contributed by atoms with E-state index in [1.54, 1.807) is 12.5 Å². The maximum atomic E-state index is 4.46. The fourth-order valence-corrected chi connectivity index (χ4v) is 3.30. The third kappa shape index (κ3) is 2.98. The first kappa shape index (κ1) is 15.5. The van der Waals surface area contributed by atoms with Crippen LogP contribution in [0.1, 0.15) is 0 Å². The molecule has 2 heterocycles. The molecule has 5 aromatic rings. The average Bonchev–Trinajstić information content (AvgIpc) is 2.74. The van der Waals surface area contributed by atoms with Gasteiger partial charge in [-0.25, -0.2) is 9.97 Å². The highest BCUT2D eigenvalue weighted by Crippen LogP contribution is 2.27. The van der Waals surface area contributed by atoms with Crippen LogP contribution >= 0.6 is 0 Å². The lowest BCUT2D eigenvalue weighted by Gasteiger charge is -2.10. The van der Waals surface area contributed by atoms with Crippen LogP contribution in [0.15, 0.2) is 91.5 Å². The number of benzene rings is 3. The maximum Gasteiger partial charge on any atom is 0.134 e. The monoisotopic (exact) mass is 348 g/mol. The summed E-state index contributed by atoms with van der Waals surface area (Å²) < 4.78 is 0. The number of pyridine rings is 1. The highest BCUT2D eigenvalue weighted by Gasteiger charge is 2.06. The van der Waals surface area contributed by atoms with E-state index in [1.165, 1.54) is 10.8 Å². The predicted molar refractivity (Wildman–Crippen MR) is 110 cm³/mol. The minimum atomic E-state index is 0.762. The molecule has 0 spiro atoms. The van der Waals surface area contributed by atoms with Gasteiger partial charge in [0.1, 0.15) is 12.1 Å². The summed E-state index contributed by atoms with van der Waals surface area (Å²) >= 11 is 0. The summed E-state index contributed by atoms with van der Waals surface area (Å²) in [5.41, 5.74) is 2.96. The molecule has 4 nitrogen and oxygen atoms in total. The van der Waals surface area contributed by atoms with Gasteiger partial charge in [0.25, 0.3) is 0 Å². The van der Waals surface area contributed by atoms with Gasteiger partial charge in [0.2, 0.25) is 0 Å². The molecule has 0 amide bonds. The van der Waals surface area contributed by atoms with E-state index in [2.05, 4.69) is 62.7 Å². The molecular formula is C23H16N4. The van der Waals surface area contributed by atoms with Crippen molar-refractivity contribution in [3.8, 4) is 11.3 Å². The number of hydrogen-bond donors (Lipinski definition) is 1. The lowest BCUT2D eigenvalue weighted by molar-refractivity contribution is 1.17. The highest BCUT2D eigenvalue weighted by molar-refractivity contribution is 5.94. The third-order valence-electron chi connectivity index (χ3n) is 4.66. The molecule has 2 aromatic heterocycles. The number of nitrogens with zero attached hydrogens (tertiary/aromatic N) is 3. The molecule has 0 fully saturated rings. The van der Waals surface area contributed by atoms with Gasteiger partial charge in [-0.1, -0.05) is 48.5 Å². The fraction of sp³-hybridized carbons (Fsp3) is 0. The Morgan fingerprint density at radius 3 is 2.56 bits per heavy atom. The molecule has 0 aliphatic heterocycles. The SMILES string of the molecule is c1ccc2cc(-c3cc(Nc4cccc5cnccc45)ncn3)ccc2c1. The van der Waals surface area contributed by atoms with E-state index in [9.17, 15) is 0 Å². The van der Waals surface area contributed by atoms with Crippen LogP contribution < -0.4 is 5.32 Å². The van der Waals surface area contributed by atoms with E-state index >= 15 is 0 Å². The smallest absolute Gasteiger partial charge is 0.134 e. The minimum absolute atomic E-state index is 0.762. The van der Waals surface area contributed by atoms with Gasteiger partial charge in [0.05, 0.1) is 5.69 Å². The summed E-state index contributed by atoms with van der Waals surface area (Å²) in [6.07, 6.45) is 5.26. The fourth-order valence-electron chi connectivity index (χ4n) is 3.30. The van der Waals surface area contributed by atoms with Crippen molar-refractivity contribution in [2.45, 2.75) is 0 Å². The van der Waals surface area contributed by atoms with E-state index in [1.807, 2.05) is 36.5 Å². The quantitative estimate of drug-likeness (QED) is 0.462. The van der Waals surface area contributed by atoms with Gasteiger partial charge in [0, 0.05) is 40.5 Å². The Kier molecular flexibility index (Phi) is 3.72. The van der Waals surface area contributed by atoms with Gasteiger partial charge in [-0.05, 0) is 29.0 Å². The summed E-state index contributed by atoms with van der Waals surface area (Å²) in [4.78, 5) is 13.0. The average molecular weight is 348 g/mol. The van der Waals surface area contributed by atoms with Crippen molar-refractivity contribution in [2.24, 2.45) is 0 Å². The van der Waals surface area contributed by atoms with Crippen LogP contribution in [0.4, 0.5) is 11.5 Å². The van der Waals surface area contributed by atoms with Gasteiger partial charge in [-0.15, -0.1) is 0 Å². The van der Waals surface area contributed by atoms with Crippen LogP contribution in [0.2, 0.25) is 0 Å². The Hall–Kier alpha value is -3.79. The third-order valence-corrected chi connectivity index (χ3v) is 4.66. The molecule has 0 aliphatic carbocycles. The number of hydrogen-bond acceptors (Lipinski definition) is 4. The highest BCUT2D eigenvalue weighted by atomic mass is 15.0. The molecule has 0 atom stereocenters. The zero-order valence-corrected chi connectivity index (χ0v) is 14.5. The Bertz CT molecular complexity index is 1260. The van der Waals surface area contributed by atoms with E-state index in [-0.39, 0.29) is 0 Å². The molecule has 0 aliphatic rings. The molecule has 27 heavy (non-hydrogen) atoms. The number of anilines is 2. The van der Waals surface area contributed by atoms with Crippen molar-refractivity contribution in [3.63, 3.8) is 0 Å². The molecule has 0 saturated heterocycles. The molecule has 128 valence electrons. The number of rotatable bonds is 3. The summed E-state index contributed by atoms with van der Waals surface area (Å²) in [6.45, 7) is 0. The van der Waals surface area contributed by atoms with Crippen LogP contribution in [0.5, 0.6) is 0 Å². The van der Waals surface area contributed by atoms with Crippen molar-refractivity contribution in [3.05, 3.63) is 91.5 Å². The van der Waals surface area contributed by atoms with Crippen LogP contribution in [0.25, 0.3) is 32.8 Å². The molecule has 0 saturated carbocycles. The Balaban J connectivity index is 1.53. The molecule has 0 radical (unpaired) electrons. The summed E-state index contributed by atoms with van der Waals surface area (Å²) in [5, 5.41) is 8.03. The van der Waals surface area contributed by atoms with Crippen molar-refractivity contribution in [1.82, 2.24) is 15.0 Å². The predicted octanol–water partition coefficient (Wildman–Crippen LogP) is 5.59. The number of nitrogens with one attached hydrogen (secondary N) is 1. The largest absolute Gasteiger partial charge is 0.340 e. The topological polar surface area (TPSA) is 50.7 Å². The van der Waals surface area contributed by atoms with E-state index < -0.39 is 0 Å². The zero-order valence-electron chi connectivity index (χ0n) is 14.5. The molecule has 4 heteroatoms. The van der Waals surface area contributed by atoms with Crippen LogP contribution in [-0.4, -0.2) is 15.0 Å². The molecular weight excluding hydrogens is 332 g/mol. The first-order chi connectivity index (χ1) is 13.4. The van der Waals surface area contributed by atoms with Crippen molar-refractivity contribution < 1.29 is 0 Å². The lowest BCUT2D eigenvalue weighted by atomic mass is 10.0. The van der Waals surface area contributed by atoms with Gasteiger partial charge in [0.15, 0.2) is 0 Å². The van der Waals surface area contributed by atoms with Crippen molar-refractivity contribution in [2.75, 3.05) is 5.32 Å². The van der Waals surface area contributed by atoms with Crippen molar-refractivity contribution >= 4 is 33.1 Å². The van der Waals surface area contributed by atoms with E-state index in [4.69, 9.17) is 0 Å². The van der Waals surface area contributed by atoms with E-state index in [0.717, 1.165) is 33.5 Å². The van der Waals surface area contributed by atoms with Gasteiger partial charge >= 0.3 is 0 Å². The molecule has 1 N–H and O–H groups in total. The number of fused-ring (bicyclic) bond motifs is 2. The first-order valence-electron chi connectivity index (χ1n) is 8.78. The van der Waals surface area contributed by atoms with Crippen LogP contribution in [0, 0.1) is 0 Å². The normalized spacial score (nSPS) is 11.0. The van der Waals surface area contributed by atoms with Crippen LogP contribution in [-0.2, 0) is 0 Å². The molecule has 3 aromatic carbocycles. The van der Waals surface area contributed by atoms with Gasteiger partial charge in [-0.3, -0.25) is 4.98 Å². The molecule has 0 unspecified atom stereocenters. The standard InChI is InChI=1S/C23H16N4/c1-2-5-17-12-18(9-8-16(17)4-1)22-13-23(26-15-25-22)27-21-7-3-6-19-14-24-11-10-20(19)21/h1-15H,(H,25,26,27). The second kappa shape index (κ2) is 6.50. The molecule has 0 bridgehead atoms. The van der Waals surface area contributed by atoms with Gasteiger partial charge < -0.3 is 5.32 Å². The maximum absolute atomic E-state index is 4.46. The zero-order chi connectivity index (χ0) is 18.1.